The van der Waals surface area contributed by atoms with E-state index < -0.39 is 11.9 Å². The molecule has 5 nitrogen and oxygen atoms in total. The van der Waals surface area contributed by atoms with Crippen molar-refractivity contribution >= 4 is 12.0 Å². The Balaban J connectivity index is 2.40. The third-order valence-corrected chi connectivity index (χ3v) is 4.35. The molecule has 20 heavy (non-hydrogen) atoms. The Morgan fingerprint density at radius 2 is 1.90 bits per heavy atom. The fraction of sp³-hybridized carbons (Fsp3) is 0.867. The number of urea groups is 1. The number of carboxylic acids is 1. The van der Waals surface area contributed by atoms with E-state index in [1.54, 1.807) is 0 Å². The Kier molecular flexibility index (Phi) is 6.82. The minimum Gasteiger partial charge on any atom is -0.481 e. The van der Waals surface area contributed by atoms with Gasteiger partial charge in [0.1, 0.15) is 0 Å². The summed E-state index contributed by atoms with van der Waals surface area (Å²) in [7, 11) is 0. The Bertz CT molecular complexity index is 331. The molecule has 5 heteroatoms. The van der Waals surface area contributed by atoms with Crippen LogP contribution in [-0.4, -0.2) is 29.7 Å². The van der Waals surface area contributed by atoms with Crippen LogP contribution in [0.1, 0.15) is 52.9 Å². The van der Waals surface area contributed by atoms with Gasteiger partial charge in [-0.25, -0.2) is 4.79 Å². The van der Waals surface area contributed by atoms with Gasteiger partial charge >= 0.3 is 12.0 Å². The summed E-state index contributed by atoms with van der Waals surface area (Å²) in [6.07, 6.45) is 5.68. The fourth-order valence-corrected chi connectivity index (χ4v) is 2.92. The first kappa shape index (κ1) is 16.8. The Morgan fingerprint density at radius 3 is 2.45 bits per heavy atom. The Labute approximate surface area is 121 Å². The summed E-state index contributed by atoms with van der Waals surface area (Å²) >= 11 is 0. The van der Waals surface area contributed by atoms with Crippen LogP contribution in [0.5, 0.6) is 0 Å². The molecule has 0 aromatic heterocycles. The number of carboxylic acid groups (broad SMARTS) is 1. The molecule has 1 rings (SSSR count). The molecule has 0 heterocycles. The van der Waals surface area contributed by atoms with E-state index in [9.17, 15) is 9.59 Å². The molecule has 0 bridgehead atoms. The average molecular weight is 284 g/mol. The molecule has 0 aromatic carbocycles. The van der Waals surface area contributed by atoms with E-state index >= 15 is 0 Å². The predicted octanol–water partition coefficient (Wildman–Crippen LogP) is 2.61. The standard InChI is InChI=1S/C15H28N2O3/c1-4-11-7-5-6-8-13(11)17-15(20)16-9-12(10(2)3)14(18)19/h10-13H,4-9H2,1-3H3,(H,18,19)(H2,16,17,20). The first-order chi connectivity index (χ1) is 9.45. The summed E-state index contributed by atoms with van der Waals surface area (Å²) in [5.41, 5.74) is 0. The van der Waals surface area contributed by atoms with Gasteiger partial charge in [-0.2, -0.15) is 0 Å². The third-order valence-electron chi connectivity index (χ3n) is 4.35. The molecular formula is C15H28N2O3. The average Bonchev–Trinajstić information content (AvgIpc) is 2.38. The number of amides is 2. The monoisotopic (exact) mass is 284 g/mol. The van der Waals surface area contributed by atoms with E-state index in [4.69, 9.17) is 5.11 Å². The molecule has 3 atom stereocenters. The molecule has 116 valence electrons. The summed E-state index contributed by atoms with van der Waals surface area (Å²) in [5, 5.41) is 14.8. The van der Waals surface area contributed by atoms with Gasteiger partial charge in [0.25, 0.3) is 0 Å². The van der Waals surface area contributed by atoms with E-state index in [2.05, 4.69) is 17.6 Å². The van der Waals surface area contributed by atoms with Crippen LogP contribution in [0, 0.1) is 17.8 Å². The van der Waals surface area contributed by atoms with Crippen molar-refractivity contribution in [1.82, 2.24) is 10.6 Å². The van der Waals surface area contributed by atoms with Gasteiger partial charge in [0.05, 0.1) is 5.92 Å². The van der Waals surface area contributed by atoms with Gasteiger partial charge in [0.15, 0.2) is 0 Å². The third kappa shape index (κ3) is 5.02. The molecule has 0 saturated heterocycles. The summed E-state index contributed by atoms with van der Waals surface area (Å²) in [5.74, 6) is -0.834. The van der Waals surface area contributed by atoms with Gasteiger partial charge in [-0.1, -0.05) is 40.0 Å². The number of nitrogens with one attached hydrogen (secondary N) is 2. The van der Waals surface area contributed by atoms with Gasteiger partial charge in [0.2, 0.25) is 0 Å². The van der Waals surface area contributed by atoms with Crippen molar-refractivity contribution in [2.45, 2.75) is 58.9 Å². The highest BCUT2D eigenvalue weighted by molar-refractivity contribution is 5.76. The fourth-order valence-electron chi connectivity index (χ4n) is 2.92. The molecular weight excluding hydrogens is 256 g/mol. The maximum absolute atomic E-state index is 11.9. The van der Waals surface area contributed by atoms with E-state index in [0.717, 1.165) is 19.3 Å². The van der Waals surface area contributed by atoms with Gasteiger partial charge < -0.3 is 15.7 Å². The lowest BCUT2D eigenvalue weighted by atomic mass is 9.83. The molecule has 0 aromatic rings. The van der Waals surface area contributed by atoms with Crippen molar-refractivity contribution in [3.05, 3.63) is 0 Å². The van der Waals surface area contributed by atoms with Crippen LogP contribution < -0.4 is 10.6 Å². The number of carbonyl (C=O) groups excluding carboxylic acids is 1. The van der Waals surface area contributed by atoms with Crippen molar-refractivity contribution in [3.63, 3.8) is 0 Å². The number of rotatable bonds is 6. The van der Waals surface area contributed by atoms with Crippen molar-refractivity contribution in [3.8, 4) is 0 Å². The van der Waals surface area contributed by atoms with Gasteiger partial charge in [0, 0.05) is 12.6 Å². The number of aliphatic carboxylic acids is 1. The minimum atomic E-state index is -0.857. The quantitative estimate of drug-likeness (QED) is 0.701. The molecule has 1 saturated carbocycles. The second-order valence-corrected chi connectivity index (χ2v) is 6.10. The lowest BCUT2D eigenvalue weighted by Crippen LogP contribution is -2.48. The summed E-state index contributed by atoms with van der Waals surface area (Å²) in [6, 6.07) is -0.00155. The zero-order valence-corrected chi connectivity index (χ0v) is 12.8. The SMILES string of the molecule is CCC1CCCCC1NC(=O)NCC(C(=O)O)C(C)C. The molecule has 0 spiro atoms. The largest absolute Gasteiger partial charge is 0.481 e. The van der Waals surface area contributed by atoms with Crippen LogP contribution in [0.25, 0.3) is 0 Å². The molecule has 1 aliphatic rings. The normalized spacial score (nSPS) is 24.2. The molecule has 0 aliphatic heterocycles. The van der Waals surface area contributed by atoms with E-state index in [0.29, 0.717) is 5.92 Å². The summed E-state index contributed by atoms with van der Waals surface area (Å²) < 4.78 is 0. The molecule has 1 fully saturated rings. The molecule has 3 unspecified atom stereocenters. The van der Waals surface area contributed by atoms with Gasteiger partial charge in [-0.15, -0.1) is 0 Å². The highest BCUT2D eigenvalue weighted by atomic mass is 16.4. The maximum atomic E-state index is 11.9. The maximum Gasteiger partial charge on any atom is 0.315 e. The molecule has 2 amide bonds. The minimum absolute atomic E-state index is 0.00544. The molecule has 3 N–H and O–H groups in total. The molecule has 0 radical (unpaired) electrons. The van der Waals surface area contributed by atoms with Crippen LogP contribution in [0.4, 0.5) is 4.79 Å². The van der Waals surface area contributed by atoms with Crippen LogP contribution in [0.2, 0.25) is 0 Å². The topological polar surface area (TPSA) is 78.4 Å². The first-order valence-corrected chi connectivity index (χ1v) is 7.72. The highest BCUT2D eigenvalue weighted by Crippen LogP contribution is 2.26. The van der Waals surface area contributed by atoms with Crippen molar-refractivity contribution in [2.75, 3.05) is 6.54 Å². The number of hydrogen-bond acceptors (Lipinski definition) is 2. The summed E-state index contributed by atoms with van der Waals surface area (Å²) in [4.78, 5) is 23.0. The highest BCUT2D eigenvalue weighted by Gasteiger charge is 2.26. The van der Waals surface area contributed by atoms with Crippen LogP contribution in [0.3, 0.4) is 0 Å². The van der Waals surface area contributed by atoms with Crippen molar-refractivity contribution in [1.29, 1.82) is 0 Å². The van der Waals surface area contributed by atoms with E-state index in [1.807, 2.05) is 13.8 Å². The predicted molar refractivity (Wildman–Crippen MR) is 78.5 cm³/mol. The number of carbonyl (C=O) groups is 2. The van der Waals surface area contributed by atoms with Gasteiger partial charge in [-0.3, -0.25) is 4.79 Å². The van der Waals surface area contributed by atoms with Crippen molar-refractivity contribution < 1.29 is 14.7 Å². The Morgan fingerprint density at radius 1 is 1.25 bits per heavy atom. The van der Waals surface area contributed by atoms with Crippen molar-refractivity contribution in [2.24, 2.45) is 17.8 Å². The lowest BCUT2D eigenvalue weighted by molar-refractivity contribution is -0.142. The zero-order valence-electron chi connectivity index (χ0n) is 12.8. The van der Waals surface area contributed by atoms with E-state index in [1.165, 1.54) is 12.8 Å². The lowest BCUT2D eigenvalue weighted by Gasteiger charge is -2.31. The number of hydrogen-bond donors (Lipinski definition) is 3. The van der Waals surface area contributed by atoms with Crippen LogP contribution in [0.15, 0.2) is 0 Å². The smallest absolute Gasteiger partial charge is 0.315 e. The first-order valence-electron chi connectivity index (χ1n) is 7.72. The summed E-state index contributed by atoms with van der Waals surface area (Å²) in [6.45, 7) is 6.05. The second-order valence-electron chi connectivity index (χ2n) is 6.10. The van der Waals surface area contributed by atoms with E-state index in [-0.39, 0.29) is 24.5 Å². The Hall–Kier alpha value is -1.26. The zero-order chi connectivity index (χ0) is 15.1. The van der Waals surface area contributed by atoms with Crippen LogP contribution in [-0.2, 0) is 4.79 Å². The van der Waals surface area contributed by atoms with Crippen LogP contribution >= 0.6 is 0 Å². The molecule has 1 aliphatic carbocycles. The van der Waals surface area contributed by atoms with Gasteiger partial charge in [-0.05, 0) is 24.7 Å². The second kappa shape index (κ2) is 8.12.